The lowest BCUT2D eigenvalue weighted by Gasteiger charge is -2.36. The predicted molar refractivity (Wildman–Crippen MR) is 129 cm³/mol. The Hall–Kier alpha value is -3.65. The zero-order valence-electron chi connectivity index (χ0n) is 19.1. The highest BCUT2D eigenvalue weighted by Gasteiger charge is 2.36. The lowest BCUT2D eigenvalue weighted by Crippen LogP contribution is -2.51. The normalized spacial score (nSPS) is 17.5. The molecule has 1 atom stereocenters. The zero-order valence-corrected chi connectivity index (χ0v) is 19.8. The van der Waals surface area contributed by atoms with E-state index in [0.29, 0.717) is 47.0 Å². The van der Waals surface area contributed by atoms with Crippen LogP contribution in [-0.4, -0.2) is 41.9 Å². The number of aromatic carboxylic acids is 1. The first-order chi connectivity index (χ1) is 16.1. The van der Waals surface area contributed by atoms with Crippen LogP contribution in [0.3, 0.4) is 0 Å². The lowest BCUT2D eigenvalue weighted by molar-refractivity contribution is 0.0694. The van der Waals surface area contributed by atoms with Crippen molar-refractivity contribution in [3.05, 3.63) is 76.0 Å². The van der Waals surface area contributed by atoms with Gasteiger partial charge >= 0.3 is 5.97 Å². The summed E-state index contributed by atoms with van der Waals surface area (Å²) >= 11 is 6.46. The number of carbonyl (C=O) groups is 2. The fourth-order valence-electron chi connectivity index (χ4n) is 4.77. The predicted octanol–water partition coefficient (Wildman–Crippen LogP) is 4.33. The van der Waals surface area contributed by atoms with Crippen molar-refractivity contribution in [2.24, 2.45) is 0 Å². The highest BCUT2D eigenvalue weighted by molar-refractivity contribution is 6.34. The summed E-state index contributed by atoms with van der Waals surface area (Å²) in [5, 5.41) is 18.3. The molecule has 2 aromatic carbocycles. The summed E-state index contributed by atoms with van der Waals surface area (Å²) in [6.07, 6.45) is 2.75. The fourth-order valence-corrected chi connectivity index (χ4v) is 5.03. The minimum Gasteiger partial charge on any atom is -0.478 e. The van der Waals surface area contributed by atoms with E-state index in [-0.39, 0.29) is 5.91 Å². The van der Waals surface area contributed by atoms with Crippen LogP contribution in [0.2, 0.25) is 5.02 Å². The first-order valence-corrected chi connectivity index (χ1v) is 11.4. The van der Waals surface area contributed by atoms with Crippen LogP contribution in [0.4, 0.5) is 0 Å². The van der Waals surface area contributed by atoms with Gasteiger partial charge in [0.2, 0.25) is 0 Å². The zero-order chi connectivity index (χ0) is 24.2. The van der Waals surface area contributed by atoms with Crippen molar-refractivity contribution in [3.8, 4) is 5.69 Å². The number of hydrogen-bond acceptors (Lipinski definition) is 4. The number of carboxylic acids is 1. The first-order valence-electron chi connectivity index (χ1n) is 11.0. The maximum Gasteiger partial charge on any atom is 0.338 e. The number of aromatic nitrogens is 4. The summed E-state index contributed by atoms with van der Waals surface area (Å²) in [4.78, 5) is 29.3. The molecule has 1 amide bonds. The van der Waals surface area contributed by atoms with E-state index in [1.165, 1.54) is 0 Å². The van der Waals surface area contributed by atoms with Crippen LogP contribution < -0.4 is 5.32 Å². The Labute approximate surface area is 201 Å². The van der Waals surface area contributed by atoms with Crippen molar-refractivity contribution in [2.75, 3.05) is 0 Å². The number of halogens is 1. The smallest absolute Gasteiger partial charge is 0.338 e. The standard InChI is InChI=1S/C25H24ClN5O3/c1-14-4-7-20-18(10-14)22(24(33)34)21-8-9-25(3,12-30(20)21)28-23(32)17-6-5-16(11-19(17)26)31-13-27-15(2)29-31/h4-7,10-11,13H,8-9,12H2,1-3H3,(H,28,32)(H,33,34)/t25-/m1/s1. The number of amides is 1. The molecule has 1 aliphatic heterocycles. The van der Waals surface area contributed by atoms with Gasteiger partial charge < -0.3 is 15.0 Å². The van der Waals surface area contributed by atoms with Gasteiger partial charge in [-0.25, -0.2) is 14.5 Å². The Kier molecular flexibility index (Phi) is 5.20. The van der Waals surface area contributed by atoms with Crippen molar-refractivity contribution in [3.63, 3.8) is 0 Å². The summed E-state index contributed by atoms with van der Waals surface area (Å²) in [7, 11) is 0. The number of aryl methyl sites for hydroxylation is 2. The third-order valence-electron chi connectivity index (χ3n) is 6.44. The fraction of sp³-hybridized carbons (Fsp3) is 0.280. The van der Waals surface area contributed by atoms with E-state index in [9.17, 15) is 14.7 Å². The highest BCUT2D eigenvalue weighted by Crippen LogP contribution is 2.35. The van der Waals surface area contributed by atoms with E-state index in [1.54, 1.807) is 36.1 Å². The minimum absolute atomic E-state index is 0.275. The number of nitrogens with zero attached hydrogens (tertiary/aromatic N) is 4. The van der Waals surface area contributed by atoms with Crippen LogP contribution in [0.1, 0.15) is 51.1 Å². The average molecular weight is 478 g/mol. The summed E-state index contributed by atoms with van der Waals surface area (Å²) in [6, 6.07) is 11.0. The van der Waals surface area contributed by atoms with Crippen molar-refractivity contribution in [2.45, 2.75) is 45.7 Å². The molecule has 2 N–H and O–H groups in total. The number of rotatable bonds is 4. The second-order valence-corrected chi connectivity index (χ2v) is 9.56. The van der Waals surface area contributed by atoms with E-state index in [1.807, 2.05) is 36.6 Å². The molecule has 0 spiro atoms. The number of nitrogens with one attached hydrogen (secondary N) is 1. The number of fused-ring (bicyclic) bond motifs is 3. The van der Waals surface area contributed by atoms with Crippen molar-refractivity contribution >= 4 is 34.4 Å². The molecule has 0 bridgehead atoms. The molecule has 2 aromatic heterocycles. The van der Waals surface area contributed by atoms with Gasteiger partial charge in [0.1, 0.15) is 12.2 Å². The maximum atomic E-state index is 13.2. The van der Waals surface area contributed by atoms with Crippen molar-refractivity contribution in [1.29, 1.82) is 0 Å². The summed E-state index contributed by atoms with van der Waals surface area (Å²) in [5.41, 5.74) is 3.54. The molecule has 5 rings (SSSR count). The number of hydrogen-bond donors (Lipinski definition) is 2. The molecule has 0 saturated carbocycles. The van der Waals surface area contributed by atoms with E-state index < -0.39 is 11.5 Å². The van der Waals surface area contributed by atoms with E-state index in [2.05, 4.69) is 15.4 Å². The number of carbonyl (C=O) groups excluding carboxylic acids is 1. The molecule has 9 heteroatoms. The maximum absolute atomic E-state index is 13.2. The average Bonchev–Trinajstić information content (AvgIpc) is 3.33. The Morgan fingerprint density at radius 2 is 1.97 bits per heavy atom. The van der Waals surface area contributed by atoms with Crippen LogP contribution in [0.5, 0.6) is 0 Å². The molecule has 34 heavy (non-hydrogen) atoms. The second-order valence-electron chi connectivity index (χ2n) is 9.15. The molecule has 4 aromatic rings. The van der Waals surface area contributed by atoms with Gasteiger partial charge in [-0.1, -0.05) is 23.2 Å². The SMILES string of the molecule is Cc1ccc2c(c1)c(C(=O)O)c1n2C[C@](C)(NC(=O)c2ccc(-n3cnc(C)n3)cc2Cl)CC1. The number of carboxylic acid groups (broad SMARTS) is 1. The number of benzene rings is 2. The van der Waals surface area contributed by atoms with E-state index in [0.717, 1.165) is 22.2 Å². The Morgan fingerprint density at radius 1 is 1.18 bits per heavy atom. The molecule has 3 heterocycles. The highest BCUT2D eigenvalue weighted by atomic mass is 35.5. The van der Waals surface area contributed by atoms with Crippen LogP contribution in [-0.2, 0) is 13.0 Å². The van der Waals surface area contributed by atoms with Gasteiger partial charge in [-0.05, 0) is 63.9 Å². The van der Waals surface area contributed by atoms with Gasteiger partial charge in [-0.3, -0.25) is 4.79 Å². The molecule has 0 saturated heterocycles. The van der Waals surface area contributed by atoms with Gasteiger partial charge in [0.25, 0.3) is 5.91 Å². The van der Waals surface area contributed by atoms with Gasteiger partial charge in [0.05, 0.1) is 27.4 Å². The third-order valence-corrected chi connectivity index (χ3v) is 6.76. The quantitative estimate of drug-likeness (QED) is 0.455. The Bertz CT molecular complexity index is 1470. The summed E-state index contributed by atoms with van der Waals surface area (Å²) in [5.74, 6) is -0.559. The van der Waals surface area contributed by atoms with Crippen LogP contribution >= 0.6 is 11.6 Å². The monoisotopic (exact) mass is 477 g/mol. The first kappa shape index (κ1) is 22.2. The van der Waals surface area contributed by atoms with Gasteiger partial charge in [-0.15, -0.1) is 0 Å². The van der Waals surface area contributed by atoms with Gasteiger partial charge in [-0.2, -0.15) is 5.10 Å². The molecule has 0 aliphatic carbocycles. The molecule has 8 nitrogen and oxygen atoms in total. The minimum atomic E-state index is -0.925. The second kappa shape index (κ2) is 7.99. The summed E-state index contributed by atoms with van der Waals surface area (Å²) in [6.45, 7) is 6.19. The van der Waals surface area contributed by atoms with Gasteiger partial charge in [0.15, 0.2) is 0 Å². The molecule has 0 unspecified atom stereocenters. The molecule has 0 radical (unpaired) electrons. The third kappa shape index (κ3) is 3.74. The van der Waals surface area contributed by atoms with E-state index in [4.69, 9.17) is 11.6 Å². The van der Waals surface area contributed by atoms with Crippen LogP contribution in [0.25, 0.3) is 16.6 Å². The van der Waals surface area contributed by atoms with Gasteiger partial charge in [0, 0.05) is 23.1 Å². The van der Waals surface area contributed by atoms with Crippen LogP contribution in [0.15, 0.2) is 42.7 Å². The van der Waals surface area contributed by atoms with Crippen molar-refractivity contribution in [1.82, 2.24) is 24.6 Å². The molecular formula is C25H24ClN5O3. The lowest BCUT2D eigenvalue weighted by atomic mass is 9.89. The van der Waals surface area contributed by atoms with Crippen molar-refractivity contribution < 1.29 is 14.7 Å². The molecule has 1 aliphatic rings. The molecule has 174 valence electrons. The van der Waals surface area contributed by atoms with Crippen LogP contribution in [0, 0.1) is 13.8 Å². The largest absolute Gasteiger partial charge is 0.478 e. The topological polar surface area (TPSA) is 102 Å². The van der Waals surface area contributed by atoms with E-state index >= 15 is 0 Å². The molecule has 0 fully saturated rings. The molecular weight excluding hydrogens is 454 g/mol. The summed E-state index contributed by atoms with van der Waals surface area (Å²) < 4.78 is 3.63. The Balaban J connectivity index is 1.43. The Morgan fingerprint density at radius 3 is 2.65 bits per heavy atom.